The Hall–Kier alpha value is -2.99. The van der Waals surface area contributed by atoms with Gasteiger partial charge in [0.25, 0.3) is 0 Å². The Morgan fingerprint density at radius 1 is 1.04 bits per heavy atom. The maximum Gasteiger partial charge on any atom is 0.243 e. The summed E-state index contributed by atoms with van der Waals surface area (Å²) in [6.07, 6.45) is 5.37. The summed E-state index contributed by atoms with van der Waals surface area (Å²) < 4.78 is 7.92. The predicted molar refractivity (Wildman–Crippen MR) is 117 cm³/mol. The minimum absolute atomic E-state index is 0.0338. The van der Waals surface area contributed by atoms with Crippen molar-refractivity contribution in [3.63, 3.8) is 0 Å². The molecule has 4 aromatic rings. The van der Waals surface area contributed by atoms with Crippen LogP contribution in [0.1, 0.15) is 26.3 Å². The lowest BCUT2D eigenvalue weighted by Gasteiger charge is -2.22. The molecule has 6 heteroatoms. The molecule has 0 fully saturated rings. The van der Waals surface area contributed by atoms with E-state index in [4.69, 9.17) is 4.74 Å². The number of hydrogen-bond donors (Lipinski definition) is 2. The number of thiol groups is 1. The summed E-state index contributed by atoms with van der Waals surface area (Å²) in [5.74, 6) is 1.32. The quantitative estimate of drug-likeness (QED) is 0.422. The number of anilines is 2. The van der Waals surface area contributed by atoms with E-state index in [0.29, 0.717) is 5.88 Å². The van der Waals surface area contributed by atoms with Crippen LogP contribution in [0.15, 0.2) is 67.1 Å². The zero-order valence-corrected chi connectivity index (χ0v) is 16.9. The van der Waals surface area contributed by atoms with Gasteiger partial charge in [-0.2, -0.15) is 0 Å². The first kappa shape index (κ1) is 18.4. The van der Waals surface area contributed by atoms with Crippen molar-refractivity contribution in [1.29, 1.82) is 0 Å². The molecule has 4 rings (SSSR count). The van der Waals surface area contributed by atoms with Crippen LogP contribution in [-0.2, 0) is 5.41 Å². The first-order valence-electron chi connectivity index (χ1n) is 9.07. The van der Waals surface area contributed by atoms with Crippen molar-refractivity contribution in [3.05, 3.63) is 72.7 Å². The molecule has 3 aromatic heterocycles. The highest BCUT2D eigenvalue weighted by molar-refractivity contribution is 7.78. The van der Waals surface area contributed by atoms with Crippen LogP contribution < -0.4 is 10.1 Å². The maximum absolute atomic E-state index is 6.22. The van der Waals surface area contributed by atoms with E-state index < -0.39 is 0 Å². The molecule has 0 aliphatic heterocycles. The molecule has 1 N–H and O–H groups in total. The van der Waals surface area contributed by atoms with Crippen LogP contribution in [-0.4, -0.2) is 13.9 Å². The number of hydrogen-bond acceptors (Lipinski definition) is 5. The molecule has 5 nitrogen and oxygen atoms in total. The average molecular weight is 391 g/mol. The van der Waals surface area contributed by atoms with Crippen molar-refractivity contribution >= 4 is 35.2 Å². The number of benzene rings is 1. The summed E-state index contributed by atoms with van der Waals surface area (Å²) in [7, 11) is 0. The molecule has 0 saturated carbocycles. The Kier molecular flexibility index (Phi) is 4.73. The number of rotatable bonds is 4. The minimum atomic E-state index is -0.0338. The first-order chi connectivity index (χ1) is 13.4. The zero-order valence-electron chi connectivity index (χ0n) is 16.0. The van der Waals surface area contributed by atoms with E-state index in [1.807, 2.05) is 48.7 Å². The van der Waals surface area contributed by atoms with Gasteiger partial charge in [-0.3, -0.25) is 3.97 Å². The van der Waals surface area contributed by atoms with E-state index in [0.717, 1.165) is 33.7 Å². The van der Waals surface area contributed by atoms with Crippen molar-refractivity contribution in [1.82, 2.24) is 13.9 Å². The second-order valence-electron chi connectivity index (χ2n) is 7.63. The molecule has 0 spiro atoms. The lowest BCUT2D eigenvalue weighted by Crippen LogP contribution is -2.12. The Morgan fingerprint density at radius 2 is 1.86 bits per heavy atom. The SMILES string of the molecule is CC(C)(C)c1ccccc1Oc1ncccc1Nc1cnc2c(ccn2S)c1. The van der Waals surface area contributed by atoms with Gasteiger partial charge in [0.1, 0.15) is 17.1 Å². The molecule has 0 saturated heterocycles. The number of para-hydroxylation sites is 1. The lowest BCUT2D eigenvalue weighted by atomic mass is 9.86. The third kappa shape index (κ3) is 3.68. The Morgan fingerprint density at radius 3 is 2.68 bits per heavy atom. The molecule has 0 unspecified atom stereocenters. The largest absolute Gasteiger partial charge is 0.437 e. The van der Waals surface area contributed by atoms with Gasteiger partial charge >= 0.3 is 0 Å². The lowest BCUT2D eigenvalue weighted by molar-refractivity contribution is 0.442. The third-order valence-electron chi connectivity index (χ3n) is 4.46. The molecule has 28 heavy (non-hydrogen) atoms. The van der Waals surface area contributed by atoms with Gasteiger partial charge in [0, 0.05) is 23.3 Å². The molecule has 0 amide bonds. The van der Waals surface area contributed by atoms with Crippen molar-refractivity contribution < 1.29 is 4.74 Å². The second kappa shape index (κ2) is 7.20. The van der Waals surface area contributed by atoms with E-state index in [9.17, 15) is 0 Å². The molecule has 0 aliphatic rings. The highest BCUT2D eigenvalue weighted by Crippen LogP contribution is 2.36. The Balaban J connectivity index is 1.66. The fourth-order valence-corrected chi connectivity index (χ4v) is 3.31. The monoisotopic (exact) mass is 390 g/mol. The molecule has 0 radical (unpaired) electrons. The average Bonchev–Trinajstić information content (AvgIpc) is 3.03. The number of nitrogens with zero attached hydrogens (tertiary/aromatic N) is 3. The molecular weight excluding hydrogens is 368 g/mol. The number of pyridine rings is 2. The van der Waals surface area contributed by atoms with E-state index >= 15 is 0 Å². The summed E-state index contributed by atoms with van der Waals surface area (Å²) in [5.41, 5.74) is 3.54. The van der Waals surface area contributed by atoms with Crippen molar-refractivity contribution in [2.75, 3.05) is 5.32 Å². The van der Waals surface area contributed by atoms with Gasteiger partial charge in [0.2, 0.25) is 5.88 Å². The number of aromatic nitrogens is 3. The second-order valence-corrected chi connectivity index (χ2v) is 8.06. The molecular formula is C22H22N4OS. The van der Waals surface area contributed by atoms with Gasteiger partial charge in [0.05, 0.1) is 11.9 Å². The van der Waals surface area contributed by atoms with Gasteiger partial charge in [-0.15, -0.1) is 0 Å². The smallest absolute Gasteiger partial charge is 0.243 e. The topological polar surface area (TPSA) is 52.0 Å². The Bertz CT molecular complexity index is 1130. The van der Waals surface area contributed by atoms with Crippen molar-refractivity contribution in [2.45, 2.75) is 26.2 Å². The van der Waals surface area contributed by atoms with Crippen LogP contribution in [0.25, 0.3) is 11.0 Å². The molecule has 3 heterocycles. The summed E-state index contributed by atoms with van der Waals surface area (Å²) in [6.45, 7) is 6.50. The Labute approximate surface area is 169 Å². The van der Waals surface area contributed by atoms with Gasteiger partial charge in [-0.05, 0) is 35.7 Å². The van der Waals surface area contributed by atoms with Crippen LogP contribution in [0.2, 0.25) is 0 Å². The number of fused-ring (bicyclic) bond motifs is 1. The molecule has 0 atom stereocenters. The van der Waals surface area contributed by atoms with Crippen LogP contribution in [0.3, 0.4) is 0 Å². The van der Waals surface area contributed by atoms with Crippen LogP contribution in [0, 0.1) is 0 Å². The zero-order chi connectivity index (χ0) is 19.7. The van der Waals surface area contributed by atoms with E-state index in [-0.39, 0.29) is 5.41 Å². The first-order valence-corrected chi connectivity index (χ1v) is 9.47. The summed E-state index contributed by atoms with van der Waals surface area (Å²) in [4.78, 5) is 8.90. The van der Waals surface area contributed by atoms with Gasteiger partial charge in [-0.25, -0.2) is 9.97 Å². The summed E-state index contributed by atoms with van der Waals surface area (Å²) in [5, 5.41) is 4.37. The standard InChI is InChI=1S/C22H22N4OS/c1-22(2,3)17-7-4-5-9-19(17)27-21-18(8-6-11-23-21)25-16-13-15-10-12-26(28)20(15)24-14-16/h4-14,25,28H,1-3H3. The fraction of sp³-hybridized carbons (Fsp3) is 0.182. The van der Waals surface area contributed by atoms with Crippen molar-refractivity contribution in [3.8, 4) is 11.6 Å². The highest BCUT2D eigenvalue weighted by Gasteiger charge is 2.20. The normalized spacial score (nSPS) is 11.6. The summed E-state index contributed by atoms with van der Waals surface area (Å²) in [6, 6.07) is 15.9. The van der Waals surface area contributed by atoms with E-state index in [1.165, 1.54) is 0 Å². The molecule has 142 valence electrons. The van der Waals surface area contributed by atoms with Crippen molar-refractivity contribution in [2.24, 2.45) is 0 Å². The van der Waals surface area contributed by atoms with Gasteiger partial charge < -0.3 is 10.1 Å². The van der Waals surface area contributed by atoms with Crippen LogP contribution in [0.5, 0.6) is 11.6 Å². The number of nitrogens with one attached hydrogen (secondary N) is 1. The van der Waals surface area contributed by atoms with Crippen LogP contribution in [0.4, 0.5) is 11.4 Å². The maximum atomic E-state index is 6.22. The third-order valence-corrected chi connectivity index (χ3v) is 4.78. The number of ether oxygens (including phenoxy) is 1. The predicted octanol–water partition coefficient (Wildman–Crippen LogP) is 5.96. The van der Waals surface area contributed by atoms with E-state index in [1.54, 1.807) is 16.4 Å². The van der Waals surface area contributed by atoms with E-state index in [2.05, 4.69) is 54.9 Å². The van der Waals surface area contributed by atoms with Gasteiger partial charge in [-0.1, -0.05) is 51.8 Å². The minimum Gasteiger partial charge on any atom is -0.437 e. The molecule has 0 bridgehead atoms. The molecule has 0 aliphatic carbocycles. The molecule has 1 aromatic carbocycles. The van der Waals surface area contributed by atoms with Crippen LogP contribution >= 0.6 is 12.8 Å². The van der Waals surface area contributed by atoms with Gasteiger partial charge in [0.15, 0.2) is 0 Å². The fourth-order valence-electron chi connectivity index (χ4n) is 3.08. The summed E-state index contributed by atoms with van der Waals surface area (Å²) >= 11 is 4.34. The highest BCUT2D eigenvalue weighted by atomic mass is 32.1.